The zero-order valence-corrected chi connectivity index (χ0v) is 11.5. The summed E-state index contributed by atoms with van der Waals surface area (Å²) in [4.78, 5) is 13.4. The van der Waals surface area contributed by atoms with Gasteiger partial charge in [0.1, 0.15) is 0 Å². The molecule has 0 saturated carbocycles. The number of ether oxygens (including phenoxy) is 1. The molecule has 1 aromatic heterocycles. The molecule has 110 valence electrons. The number of benzene rings is 1. The Hall–Kier alpha value is -2.28. The number of nitro groups is 1. The fraction of sp³-hybridized carbons (Fsp3) is 0.154. The summed E-state index contributed by atoms with van der Waals surface area (Å²) < 4.78 is 32.3. The van der Waals surface area contributed by atoms with Gasteiger partial charge in [0.05, 0.1) is 11.0 Å². The predicted molar refractivity (Wildman–Crippen MR) is 71.6 cm³/mol. The highest BCUT2D eigenvalue weighted by molar-refractivity contribution is 6.17. The number of hydrogen-bond donors (Lipinski definition) is 0. The van der Waals surface area contributed by atoms with E-state index >= 15 is 0 Å². The van der Waals surface area contributed by atoms with E-state index in [2.05, 4.69) is 4.98 Å². The monoisotopic (exact) mass is 314 g/mol. The molecule has 0 spiro atoms. The van der Waals surface area contributed by atoms with Gasteiger partial charge in [-0.2, -0.15) is 4.39 Å². The van der Waals surface area contributed by atoms with Crippen LogP contribution in [0.4, 0.5) is 14.5 Å². The lowest BCUT2D eigenvalue weighted by atomic mass is 10.2. The second-order valence-electron chi connectivity index (χ2n) is 4.19. The Morgan fingerprint density at radius 3 is 2.62 bits per heavy atom. The highest BCUT2D eigenvalue weighted by atomic mass is 35.5. The highest BCUT2D eigenvalue weighted by Crippen LogP contribution is 2.30. The second kappa shape index (κ2) is 6.01. The Labute approximate surface area is 123 Å². The summed E-state index contributed by atoms with van der Waals surface area (Å²) in [7, 11) is 0. The van der Waals surface area contributed by atoms with Crippen LogP contribution in [-0.2, 0) is 5.88 Å². The Bertz CT molecular complexity index is 710. The van der Waals surface area contributed by atoms with Gasteiger partial charge in [0.2, 0.25) is 11.7 Å². The number of hydrogen-bond acceptors (Lipinski definition) is 4. The molecule has 21 heavy (non-hydrogen) atoms. The molecule has 0 unspecified atom stereocenters. The van der Waals surface area contributed by atoms with Crippen LogP contribution in [0.15, 0.2) is 24.4 Å². The van der Waals surface area contributed by atoms with Crippen molar-refractivity contribution in [1.29, 1.82) is 0 Å². The van der Waals surface area contributed by atoms with Gasteiger partial charge >= 0.3 is 5.69 Å². The van der Waals surface area contributed by atoms with Crippen LogP contribution in [0, 0.1) is 28.7 Å². The molecule has 2 rings (SSSR count). The van der Waals surface area contributed by atoms with Gasteiger partial charge in [-0.1, -0.05) is 0 Å². The summed E-state index contributed by atoms with van der Waals surface area (Å²) in [6.07, 6.45) is 1.44. The first-order chi connectivity index (χ1) is 9.92. The van der Waals surface area contributed by atoms with Crippen LogP contribution in [0.25, 0.3) is 0 Å². The Balaban J connectivity index is 2.36. The van der Waals surface area contributed by atoms with Gasteiger partial charge in [-0.3, -0.25) is 10.1 Å². The molecule has 1 aromatic carbocycles. The third kappa shape index (κ3) is 3.25. The lowest BCUT2D eigenvalue weighted by molar-refractivity contribution is -0.387. The average molecular weight is 315 g/mol. The Kier molecular flexibility index (Phi) is 4.32. The van der Waals surface area contributed by atoms with Gasteiger partial charge in [-0.05, 0) is 18.6 Å². The molecule has 0 atom stereocenters. The summed E-state index contributed by atoms with van der Waals surface area (Å²) in [6, 6.07) is 2.77. The van der Waals surface area contributed by atoms with Crippen LogP contribution in [0.3, 0.4) is 0 Å². The van der Waals surface area contributed by atoms with E-state index in [0.29, 0.717) is 17.7 Å². The largest absolute Gasteiger partial charge is 0.436 e. The van der Waals surface area contributed by atoms with Crippen molar-refractivity contribution in [3.63, 3.8) is 0 Å². The van der Waals surface area contributed by atoms with Crippen LogP contribution in [0.1, 0.15) is 11.1 Å². The summed E-state index contributed by atoms with van der Waals surface area (Å²) in [5.41, 5.74) is 0.366. The van der Waals surface area contributed by atoms with Gasteiger partial charge in [-0.25, -0.2) is 9.37 Å². The molecule has 2 aromatic rings. The maximum atomic E-state index is 13.7. The first-order valence-corrected chi connectivity index (χ1v) is 6.28. The van der Waals surface area contributed by atoms with Gasteiger partial charge < -0.3 is 4.74 Å². The summed E-state index contributed by atoms with van der Waals surface area (Å²) in [6.45, 7) is 1.66. The summed E-state index contributed by atoms with van der Waals surface area (Å²) >= 11 is 5.65. The first kappa shape index (κ1) is 15.1. The third-order valence-corrected chi connectivity index (χ3v) is 2.95. The van der Waals surface area contributed by atoms with E-state index in [9.17, 15) is 18.9 Å². The molecule has 0 radical (unpaired) electrons. The van der Waals surface area contributed by atoms with E-state index in [4.69, 9.17) is 16.3 Å². The van der Waals surface area contributed by atoms with Gasteiger partial charge in [-0.15, -0.1) is 11.6 Å². The quantitative estimate of drug-likeness (QED) is 0.484. The molecule has 8 heteroatoms. The van der Waals surface area contributed by atoms with Crippen LogP contribution in [-0.4, -0.2) is 9.91 Å². The van der Waals surface area contributed by atoms with Crippen LogP contribution >= 0.6 is 11.6 Å². The molecular formula is C13H9ClF2N2O3. The first-order valence-electron chi connectivity index (χ1n) is 5.75. The minimum atomic E-state index is -1.19. The number of aromatic nitrogens is 1. The molecule has 0 saturated heterocycles. The van der Waals surface area contributed by atoms with E-state index in [0.717, 1.165) is 5.56 Å². The Morgan fingerprint density at radius 1 is 1.33 bits per heavy atom. The topological polar surface area (TPSA) is 65.3 Å². The van der Waals surface area contributed by atoms with E-state index in [1.54, 1.807) is 13.0 Å². The number of halogens is 3. The lowest BCUT2D eigenvalue weighted by Gasteiger charge is -2.09. The number of nitrogens with zero attached hydrogens (tertiary/aromatic N) is 2. The normalized spacial score (nSPS) is 10.5. The van der Waals surface area contributed by atoms with Crippen LogP contribution < -0.4 is 4.74 Å². The molecule has 5 nitrogen and oxygen atoms in total. The molecule has 0 amide bonds. The van der Waals surface area contributed by atoms with E-state index in [-0.39, 0.29) is 11.8 Å². The van der Waals surface area contributed by atoms with Crippen molar-refractivity contribution in [3.05, 3.63) is 57.3 Å². The van der Waals surface area contributed by atoms with Crippen molar-refractivity contribution in [3.8, 4) is 11.6 Å². The third-order valence-electron chi connectivity index (χ3n) is 2.65. The van der Waals surface area contributed by atoms with Crippen molar-refractivity contribution in [1.82, 2.24) is 4.98 Å². The fourth-order valence-corrected chi connectivity index (χ4v) is 1.79. The Morgan fingerprint density at radius 2 is 2.05 bits per heavy atom. The molecular weight excluding hydrogens is 306 g/mol. The van der Waals surface area contributed by atoms with Gasteiger partial charge in [0.25, 0.3) is 0 Å². The highest BCUT2D eigenvalue weighted by Gasteiger charge is 2.20. The number of alkyl halides is 1. The number of rotatable bonds is 4. The van der Waals surface area contributed by atoms with Crippen LogP contribution in [0.5, 0.6) is 11.6 Å². The van der Waals surface area contributed by atoms with Crippen molar-refractivity contribution < 1.29 is 18.4 Å². The van der Waals surface area contributed by atoms with Crippen molar-refractivity contribution in [2.75, 3.05) is 0 Å². The molecule has 0 bridgehead atoms. The second-order valence-corrected chi connectivity index (χ2v) is 4.46. The fourth-order valence-electron chi connectivity index (χ4n) is 1.64. The zero-order chi connectivity index (χ0) is 15.6. The molecule has 0 N–H and O–H groups in total. The maximum absolute atomic E-state index is 13.7. The average Bonchev–Trinajstić information content (AvgIpc) is 2.44. The molecule has 0 aliphatic carbocycles. The standard InChI is InChI=1S/C13H9ClF2N2O3/c1-7-2-8(5-14)6-17-13(7)21-12-4-9(15)11(18(19)20)3-10(12)16/h2-4,6H,5H2,1H3. The minimum absolute atomic E-state index is 0.0658. The molecule has 0 aliphatic heterocycles. The van der Waals surface area contributed by atoms with E-state index in [1.165, 1.54) is 6.20 Å². The number of aryl methyl sites for hydroxylation is 1. The van der Waals surface area contributed by atoms with Gasteiger partial charge in [0, 0.05) is 23.7 Å². The summed E-state index contributed by atoms with van der Waals surface area (Å²) in [5, 5.41) is 10.5. The van der Waals surface area contributed by atoms with E-state index in [1.807, 2.05) is 0 Å². The molecule has 1 heterocycles. The molecule has 0 fully saturated rings. The smallest absolute Gasteiger partial charge is 0.307 e. The van der Waals surface area contributed by atoms with Crippen molar-refractivity contribution in [2.45, 2.75) is 12.8 Å². The predicted octanol–water partition coefficient (Wildman–Crippen LogP) is 4.11. The number of pyridine rings is 1. The summed E-state index contributed by atoms with van der Waals surface area (Å²) in [5.74, 6) is -2.39. The lowest BCUT2D eigenvalue weighted by Crippen LogP contribution is -1.98. The number of nitro benzene ring substituents is 1. The molecule has 0 aliphatic rings. The van der Waals surface area contributed by atoms with Crippen LogP contribution in [0.2, 0.25) is 0 Å². The maximum Gasteiger partial charge on any atom is 0.307 e. The minimum Gasteiger partial charge on any atom is -0.436 e. The zero-order valence-electron chi connectivity index (χ0n) is 10.8. The SMILES string of the molecule is Cc1cc(CCl)cnc1Oc1cc(F)c([N+](=O)[O-])cc1F. The van der Waals surface area contributed by atoms with E-state index < -0.39 is 28.0 Å². The van der Waals surface area contributed by atoms with Crippen molar-refractivity contribution in [2.24, 2.45) is 0 Å². The van der Waals surface area contributed by atoms with Gasteiger partial charge in [0.15, 0.2) is 11.6 Å². The van der Waals surface area contributed by atoms with Crippen molar-refractivity contribution >= 4 is 17.3 Å².